The average molecular weight is 384 g/mol. The molecular weight excluding hydrogens is 364 g/mol. The Balaban J connectivity index is 1.95. The molecule has 3 aromatic rings. The van der Waals surface area contributed by atoms with Crippen molar-refractivity contribution in [1.29, 1.82) is 0 Å². The molecule has 0 bridgehead atoms. The molecule has 7 nitrogen and oxygen atoms in total. The molecule has 0 atom stereocenters. The van der Waals surface area contributed by atoms with Crippen LogP contribution in [-0.2, 0) is 14.8 Å². The minimum atomic E-state index is -3.78. The van der Waals surface area contributed by atoms with Crippen molar-refractivity contribution in [2.24, 2.45) is 0 Å². The first-order valence-electron chi connectivity index (χ1n) is 8.34. The summed E-state index contributed by atoms with van der Waals surface area (Å²) >= 11 is 0. The van der Waals surface area contributed by atoms with Crippen molar-refractivity contribution >= 4 is 21.8 Å². The van der Waals surface area contributed by atoms with E-state index in [9.17, 15) is 8.42 Å². The van der Waals surface area contributed by atoms with E-state index in [2.05, 4.69) is 20.0 Å². The Morgan fingerprint density at radius 3 is 2.30 bits per heavy atom. The van der Waals surface area contributed by atoms with Gasteiger partial charge in [-0.2, -0.15) is 4.98 Å². The Morgan fingerprint density at radius 1 is 0.963 bits per heavy atom. The van der Waals surface area contributed by atoms with Crippen LogP contribution in [0.25, 0.3) is 11.3 Å². The van der Waals surface area contributed by atoms with Gasteiger partial charge in [-0.15, -0.1) is 0 Å². The standard InChI is InChI=1S/C19H20N4O3S/c1-26-13-12-20-18-14-17(15-8-4-2-5-9-15)21-19(22-18)23-27(24,25)16-10-6-3-7-11-16/h2-11,14H,12-13H2,1H3,(H2,20,21,22,23). The zero-order valence-electron chi connectivity index (χ0n) is 14.8. The quantitative estimate of drug-likeness (QED) is 0.580. The maximum atomic E-state index is 12.6. The van der Waals surface area contributed by atoms with Gasteiger partial charge in [0.05, 0.1) is 17.2 Å². The summed E-state index contributed by atoms with van der Waals surface area (Å²) in [4.78, 5) is 8.79. The van der Waals surface area contributed by atoms with Gasteiger partial charge in [-0.05, 0) is 12.1 Å². The van der Waals surface area contributed by atoms with E-state index in [1.165, 1.54) is 12.1 Å². The Labute approximate surface area is 158 Å². The van der Waals surface area contributed by atoms with Crippen LogP contribution in [0, 0.1) is 0 Å². The molecule has 0 aliphatic carbocycles. The van der Waals surface area contributed by atoms with Gasteiger partial charge in [0.1, 0.15) is 5.82 Å². The van der Waals surface area contributed by atoms with Crippen molar-refractivity contribution in [3.8, 4) is 11.3 Å². The molecule has 2 N–H and O–H groups in total. The van der Waals surface area contributed by atoms with E-state index in [1.807, 2.05) is 30.3 Å². The van der Waals surface area contributed by atoms with E-state index < -0.39 is 10.0 Å². The highest BCUT2D eigenvalue weighted by Crippen LogP contribution is 2.22. The highest BCUT2D eigenvalue weighted by molar-refractivity contribution is 7.92. The smallest absolute Gasteiger partial charge is 0.264 e. The van der Waals surface area contributed by atoms with E-state index in [0.29, 0.717) is 24.7 Å². The minimum absolute atomic E-state index is 0.000114. The van der Waals surface area contributed by atoms with Crippen LogP contribution in [0.15, 0.2) is 71.6 Å². The zero-order valence-corrected chi connectivity index (χ0v) is 15.6. The molecule has 0 saturated carbocycles. The summed E-state index contributed by atoms with van der Waals surface area (Å²) < 4.78 is 32.7. The van der Waals surface area contributed by atoms with Gasteiger partial charge in [-0.25, -0.2) is 18.1 Å². The summed E-state index contributed by atoms with van der Waals surface area (Å²) in [7, 11) is -2.17. The third-order valence-corrected chi connectivity index (χ3v) is 5.03. The zero-order chi connectivity index (χ0) is 19.1. The number of nitrogens with zero attached hydrogens (tertiary/aromatic N) is 2. The predicted octanol–water partition coefficient (Wildman–Crippen LogP) is 3.00. The number of methoxy groups -OCH3 is 1. The lowest BCUT2D eigenvalue weighted by molar-refractivity contribution is 0.210. The molecule has 0 aliphatic rings. The second-order valence-electron chi connectivity index (χ2n) is 5.67. The van der Waals surface area contributed by atoms with Gasteiger partial charge in [0.15, 0.2) is 0 Å². The Kier molecular flexibility index (Phi) is 6.00. The molecule has 0 fully saturated rings. The summed E-state index contributed by atoms with van der Waals surface area (Å²) in [6, 6.07) is 19.4. The number of hydrogen-bond acceptors (Lipinski definition) is 6. The molecule has 0 radical (unpaired) electrons. The number of sulfonamides is 1. The molecule has 2 aromatic carbocycles. The van der Waals surface area contributed by atoms with E-state index in [1.54, 1.807) is 31.4 Å². The van der Waals surface area contributed by atoms with Crippen molar-refractivity contribution in [3.63, 3.8) is 0 Å². The molecule has 3 rings (SSSR count). The van der Waals surface area contributed by atoms with Crippen molar-refractivity contribution in [2.45, 2.75) is 4.90 Å². The molecule has 0 spiro atoms. The number of benzene rings is 2. The maximum absolute atomic E-state index is 12.6. The van der Waals surface area contributed by atoms with Crippen LogP contribution in [-0.4, -0.2) is 38.6 Å². The van der Waals surface area contributed by atoms with Gasteiger partial charge in [-0.1, -0.05) is 48.5 Å². The highest BCUT2D eigenvalue weighted by atomic mass is 32.2. The van der Waals surface area contributed by atoms with Gasteiger partial charge in [-0.3, -0.25) is 0 Å². The number of aromatic nitrogens is 2. The Morgan fingerprint density at radius 2 is 1.63 bits per heavy atom. The monoisotopic (exact) mass is 384 g/mol. The van der Waals surface area contributed by atoms with E-state index in [4.69, 9.17) is 4.74 Å². The van der Waals surface area contributed by atoms with Crippen LogP contribution in [0.3, 0.4) is 0 Å². The lowest BCUT2D eigenvalue weighted by Gasteiger charge is -2.12. The van der Waals surface area contributed by atoms with Gasteiger partial charge in [0.25, 0.3) is 10.0 Å². The molecule has 1 aromatic heterocycles. The maximum Gasteiger partial charge on any atom is 0.264 e. The number of anilines is 2. The van der Waals surface area contributed by atoms with Crippen LogP contribution in [0.4, 0.5) is 11.8 Å². The number of ether oxygens (including phenoxy) is 1. The van der Waals surface area contributed by atoms with Crippen LogP contribution >= 0.6 is 0 Å². The van der Waals surface area contributed by atoms with Crippen molar-refractivity contribution in [1.82, 2.24) is 9.97 Å². The molecule has 140 valence electrons. The lowest BCUT2D eigenvalue weighted by Crippen LogP contribution is -2.16. The van der Waals surface area contributed by atoms with E-state index in [0.717, 1.165) is 5.56 Å². The summed E-state index contributed by atoms with van der Waals surface area (Å²) in [5.74, 6) is 0.506. The molecule has 0 aliphatic heterocycles. The normalized spacial score (nSPS) is 11.1. The van der Waals surface area contributed by atoms with Gasteiger partial charge in [0, 0.05) is 25.3 Å². The topological polar surface area (TPSA) is 93.2 Å². The second-order valence-corrected chi connectivity index (χ2v) is 7.35. The van der Waals surface area contributed by atoms with Crippen LogP contribution in [0.5, 0.6) is 0 Å². The lowest BCUT2D eigenvalue weighted by atomic mass is 10.1. The molecule has 27 heavy (non-hydrogen) atoms. The highest BCUT2D eigenvalue weighted by Gasteiger charge is 2.16. The molecule has 0 unspecified atom stereocenters. The largest absolute Gasteiger partial charge is 0.383 e. The third kappa shape index (κ3) is 5.02. The van der Waals surface area contributed by atoms with Crippen LogP contribution in [0.2, 0.25) is 0 Å². The number of nitrogens with one attached hydrogen (secondary N) is 2. The summed E-state index contributed by atoms with van der Waals surface area (Å²) in [6.45, 7) is 1.03. The Hall–Kier alpha value is -2.97. The van der Waals surface area contributed by atoms with Crippen molar-refractivity contribution in [3.05, 3.63) is 66.7 Å². The number of hydrogen-bond donors (Lipinski definition) is 2. The fourth-order valence-electron chi connectivity index (χ4n) is 2.40. The summed E-state index contributed by atoms with van der Waals surface area (Å²) in [6.07, 6.45) is 0. The van der Waals surface area contributed by atoms with E-state index in [-0.39, 0.29) is 10.8 Å². The minimum Gasteiger partial charge on any atom is -0.383 e. The van der Waals surface area contributed by atoms with E-state index >= 15 is 0 Å². The molecule has 0 saturated heterocycles. The summed E-state index contributed by atoms with van der Waals surface area (Å²) in [5, 5.41) is 3.11. The molecule has 0 amide bonds. The third-order valence-electron chi connectivity index (χ3n) is 3.69. The molecular formula is C19H20N4O3S. The first kappa shape index (κ1) is 18.8. The Bertz CT molecular complexity index is 980. The second kappa shape index (κ2) is 8.61. The van der Waals surface area contributed by atoms with Crippen LogP contribution < -0.4 is 10.0 Å². The first-order chi connectivity index (χ1) is 13.1. The molecule has 8 heteroatoms. The van der Waals surface area contributed by atoms with Gasteiger partial charge >= 0.3 is 0 Å². The fourth-order valence-corrected chi connectivity index (χ4v) is 3.37. The average Bonchev–Trinajstić information content (AvgIpc) is 2.69. The van der Waals surface area contributed by atoms with Crippen LogP contribution in [0.1, 0.15) is 0 Å². The van der Waals surface area contributed by atoms with Crippen molar-refractivity contribution in [2.75, 3.05) is 30.3 Å². The predicted molar refractivity (Wildman–Crippen MR) is 105 cm³/mol. The number of rotatable bonds is 8. The molecule has 1 heterocycles. The first-order valence-corrected chi connectivity index (χ1v) is 9.82. The SMILES string of the molecule is COCCNc1cc(-c2ccccc2)nc(NS(=O)(=O)c2ccccc2)n1. The van der Waals surface area contributed by atoms with Gasteiger partial charge in [0.2, 0.25) is 5.95 Å². The fraction of sp³-hybridized carbons (Fsp3) is 0.158. The van der Waals surface area contributed by atoms with Gasteiger partial charge < -0.3 is 10.1 Å². The summed E-state index contributed by atoms with van der Waals surface area (Å²) in [5.41, 5.74) is 1.46. The van der Waals surface area contributed by atoms with Crippen molar-refractivity contribution < 1.29 is 13.2 Å².